The lowest BCUT2D eigenvalue weighted by Gasteiger charge is -2.14. The number of nitrogens with two attached hydrogens (primary N) is 1. The zero-order chi connectivity index (χ0) is 16.9. The molecule has 0 saturated heterocycles. The van der Waals surface area contributed by atoms with Gasteiger partial charge in [-0.05, 0) is 42.5 Å². The quantitative estimate of drug-likeness (QED) is 0.605. The van der Waals surface area contributed by atoms with Gasteiger partial charge in [-0.3, -0.25) is 0 Å². The van der Waals surface area contributed by atoms with E-state index >= 15 is 0 Å². The largest absolute Gasteiger partial charge is 0.393 e. The molecule has 0 bridgehead atoms. The van der Waals surface area contributed by atoms with Crippen molar-refractivity contribution in [2.75, 3.05) is 22.9 Å². The number of nitrogen functional groups attached to an aromatic ring is 1. The van der Waals surface area contributed by atoms with Crippen molar-refractivity contribution < 1.29 is 0 Å². The number of benzene rings is 1. The van der Waals surface area contributed by atoms with E-state index < -0.39 is 0 Å². The first-order valence-corrected chi connectivity index (χ1v) is 8.79. The van der Waals surface area contributed by atoms with Crippen LogP contribution in [0.25, 0.3) is 0 Å². The fourth-order valence-corrected chi connectivity index (χ4v) is 3.13. The Hall–Kier alpha value is -2.31. The summed E-state index contributed by atoms with van der Waals surface area (Å²) < 4.78 is 0. The van der Waals surface area contributed by atoms with Gasteiger partial charge in [0.05, 0.1) is 0 Å². The molecule has 0 saturated carbocycles. The maximum absolute atomic E-state index is 6.20. The summed E-state index contributed by atoms with van der Waals surface area (Å²) in [7, 11) is 0. The highest BCUT2D eigenvalue weighted by molar-refractivity contribution is 7.09. The van der Waals surface area contributed by atoms with Gasteiger partial charge in [0, 0.05) is 22.1 Å². The molecule has 7 heteroatoms. The molecule has 24 heavy (non-hydrogen) atoms. The van der Waals surface area contributed by atoms with Crippen molar-refractivity contribution in [1.82, 2.24) is 9.97 Å². The normalized spacial score (nSPS) is 10.6. The molecule has 124 valence electrons. The Morgan fingerprint density at radius 1 is 1.21 bits per heavy atom. The Labute approximate surface area is 149 Å². The summed E-state index contributed by atoms with van der Waals surface area (Å²) in [6.45, 7) is 2.76. The molecule has 3 rings (SSSR count). The van der Waals surface area contributed by atoms with Crippen LogP contribution in [0.5, 0.6) is 0 Å². The molecule has 0 aliphatic carbocycles. The van der Waals surface area contributed by atoms with Crippen molar-refractivity contribution in [1.29, 1.82) is 0 Å². The molecule has 0 atom stereocenters. The number of aryl methyl sites for hydroxylation is 1. The van der Waals surface area contributed by atoms with Crippen LogP contribution in [0.15, 0.2) is 42.0 Å². The second-order valence-electron chi connectivity index (χ2n) is 5.32. The minimum atomic E-state index is 0.489. The third kappa shape index (κ3) is 3.96. The van der Waals surface area contributed by atoms with Gasteiger partial charge >= 0.3 is 0 Å². The first kappa shape index (κ1) is 16.5. The monoisotopic (exact) mass is 359 g/mol. The molecule has 5 nitrogen and oxygen atoms in total. The summed E-state index contributed by atoms with van der Waals surface area (Å²) >= 11 is 7.80. The standard InChI is InChI=1S/C17H18ClN5S/c1-11-4-5-12(18)9-14(11)23-17-15(19)16(21-10-22-17)20-7-6-13-3-2-8-24-13/h2-5,8-10H,6-7,19H2,1H3,(H2,20,21,22,23). The Morgan fingerprint density at radius 2 is 2.04 bits per heavy atom. The average molecular weight is 360 g/mol. The van der Waals surface area contributed by atoms with Gasteiger partial charge < -0.3 is 16.4 Å². The highest BCUT2D eigenvalue weighted by Crippen LogP contribution is 2.28. The zero-order valence-electron chi connectivity index (χ0n) is 13.2. The van der Waals surface area contributed by atoms with E-state index in [0.717, 1.165) is 24.2 Å². The van der Waals surface area contributed by atoms with Gasteiger partial charge in [0.1, 0.15) is 12.0 Å². The van der Waals surface area contributed by atoms with Gasteiger partial charge in [-0.15, -0.1) is 11.3 Å². The van der Waals surface area contributed by atoms with Crippen LogP contribution in [0.4, 0.5) is 23.0 Å². The van der Waals surface area contributed by atoms with Crippen molar-refractivity contribution in [3.63, 3.8) is 0 Å². The van der Waals surface area contributed by atoms with Crippen molar-refractivity contribution in [2.24, 2.45) is 0 Å². The number of rotatable bonds is 6. The third-order valence-electron chi connectivity index (χ3n) is 3.58. The summed E-state index contributed by atoms with van der Waals surface area (Å²) in [5, 5.41) is 9.23. The van der Waals surface area contributed by atoms with Crippen molar-refractivity contribution in [3.05, 3.63) is 57.5 Å². The molecular weight excluding hydrogens is 342 g/mol. The maximum Gasteiger partial charge on any atom is 0.159 e. The van der Waals surface area contributed by atoms with Crippen LogP contribution in [-0.2, 0) is 6.42 Å². The Kier molecular flexibility index (Phi) is 5.17. The van der Waals surface area contributed by atoms with E-state index in [9.17, 15) is 0 Å². The van der Waals surface area contributed by atoms with E-state index in [0.29, 0.717) is 22.3 Å². The summed E-state index contributed by atoms with van der Waals surface area (Å²) in [4.78, 5) is 9.79. The second-order valence-corrected chi connectivity index (χ2v) is 6.79. The van der Waals surface area contributed by atoms with Crippen molar-refractivity contribution in [3.8, 4) is 0 Å². The van der Waals surface area contributed by atoms with Crippen LogP contribution in [0.1, 0.15) is 10.4 Å². The molecule has 0 amide bonds. The van der Waals surface area contributed by atoms with Crippen LogP contribution in [0, 0.1) is 6.92 Å². The van der Waals surface area contributed by atoms with Gasteiger partial charge in [0.15, 0.2) is 11.6 Å². The second kappa shape index (κ2) is 7.51. The van der Waals surface area contributed by atoms with Gasteiger partial charge in [0.25, 0.3) is 0 Å². The lowest BCUT2D eigenvalue weighted by Crippen LogP contribution is -2.10. The number of nitrogens with zero attached hydrogens (tertiary/aromatic N) is 2. The summed E-state index contributed by atoms with van der Waals surface area (Å²) in [5.74, 6) is 1.19. The van der Waals surface area contributed by atoms with Gasteiger partial charge in [-0.2, -0.15) is 0 Å². The summed E-state index contributed by atoms with van der Waals surface area (Å²) in [5.41, 5.74) is 8.62. The number of hydrogen-bond acceptors (Lipinski definition) is 6. The predicted octanol–water partition coefficient (Wildman–Crippen LogP) is 4.48. The minimum absolute atomic E-state index is 0.489. The van der Waals surface area contributed by atoms with Crippen LogP contribution in [0.2, 0.25) is 5.02 Å². The summed E-state index contributed by atoms with van der Waals surface area (Å²) in [6, 6.07) is 9.81. The molecule has 0 radical (unpaired) electrons. The van der Waals surface area contributed by atoms with Gasteiger partial charge in [0.2, 0.25) is 0 Å². The fraction of sp³-hybridized carbons (Fsp3) is 0.176. The molecule has 0 aliphatic heterocycles. The van der Waals surface area contributed by atoms with E-state index in [2.05, 4.69) is 32.0 Å². The number of nitrogens with one attached hydrogen (secondary N) is 2. The third-order valence-corrected chi connectivity index (χ3v) is 4.75. The molecule has 2 heterocycles. The molecule has 3 aromatic rings. The Bertz CT molecular complexity index is 820. The number of hydrogen-bond donors (Lipinski definition) is 3. The lowest BCUT2D eigenvalue weighted by molar-refractivity contribution is 1.02. The van der Waals surface area contributed by atoms with Crippen LogP contribution in [0.3, 0.4) is 0 Å². The van der Waals surface area contributed by atoms with E-state index in [1.54, 1.807) is 11.3 Å². The highest BCUT2D eigenvalue weighted by Gasteiger charge is 2.09. The number of aromatic nitrogens is 2. The predicted molar refractivity (Wildman–Crippen MR) is 102 cm³/mol. The number of anilines is 4. The first-order chi connectivity index (χ1) is 11.6. The van der Waals surface area contributed by atoms with Gasteiger partial charge in [-0.1, -0.05) is 23.7 Å². The minimum Gasteiger partial charge on any atom is -0.393 e. The molecule has 0 unspecified atom stereocenters. The van der Waals surface area contributed by atoms with E-state index in [4.69, 9.17) is 17.3 Å². The van der Waals surface area contributed by atoms with Crippen molar-refractivity contribution in [2.45, 2.75) is 13.3 Å². The van der Waals surface area contributed by atoms with Crippen molar-refractivity contribution >= 4 is 45.9 Å². The van der Waals surface area contributed by atoms with E-state index in [-0.39, 0.29) is 0 Å². The highest BCUT2D eigenvalue weighted by atomic mass is 35.5. The maximum atomic E-state index is 6.20. The molecule has 2 aromatic heterocycles. The molecule has 4 N–H and O–H groups in total. The molecule has 1 aromatic carbocycles. The Morgan fingerprint density at radius 3 is 2.83 bits per heavy atom. The SMILES string of the molecule is Cc1ccc(Cl)cc1Nc1ncnc(NCCc2cccs2)c1N. The fourth-order valence-electron chi connectivity index (χ4n) is 2.25. The first-order valence-electron chi connectivity index (χ1n) is 7.53. The van der Waals surface area contributed by atoms with Crippen LogP contribution in [-0.4, -0.2) is 16.5 Å². The molecule has 0 aliphatic rings. The number of halogens is 1. The topological polar surface area (TPSA) is 75.9 Å². The number of thiophene rings is 1. The average Bonchev–Trinajstić information content (AvgIpc) is 3.08. The molecular formula is C17H18ClN5S. The summed E-state index contributed by atoms with van der Waals surface area (Å²) in [6.07, 6.45) is 2.42. The van der Waals surface area contributed by atoms with Gasteiger partial charge in [-0.25, -0.2) is 9.97 Å². The smallest absolute Gasteiger partial charge is 0.159 e. The van der Waals surface area contributed by atoms with Crippen LogP contribution < -0.4 is 16.4 Å². The lowest BCUT2D eigenvalue weighted by atomic mass is 10.2. The molecule has 0 spiro atoms. The van der Waals surface area contributed by atoms with Crippen LogP contribution >= 0.6 is 22.9 Å². The zero-order valence-corrected chi connectivity index (χ0v) is 14.8. The Balaban J connectivity index is 1.71. The molecule has 0 fully saturated rings. The van der Waals surface area contributed by atoms with E-state index in [1.165, 1.54) is 11.2 Å². The van der Waals surface area contributed by atoms with E-state index in [1.807, 2.05) is 31.2 Å².